The fourth-order valence-electron chi connectivity index (χ4n) is 1.97. The number of H-pyrrole nitrogens is 1. The maximum absolute atomic E-state index is 12.0. The number of methoxy groups -OCH3 is 1. The standard InChI is InChI=1S/C18H22N4O2/c1-18(2,3)16-12-14(20-21-16)17(23)22-19-11-7-9-13-8-5-6-10-15(13)24-4/h5-12H,1-4H3,(H,20,21)(H,22,23)/b9-7+,19-11+. The molecule has 0 aliphatic rings. The zero-order valence-corrected chi connectivity index (χ0v) is 14.3. The number of amides is 1. The zero-order chi connectivity index (χ0) is 17.6. The van der Waals surface area contributed by atoms with Gasteiger partial charge in [0.15, 0.2) is 5.69 Å². The zero-order valence-electron chi connectivity index (χ0n) is 14.3. The van der Waals surface area contributed by atoms with Crippen molar-refractivity contribution in [2.75, 3.05) is 7.11 Å². The number of hydrogen-bond acceptors (Lipinski definition) is 4. The third-order valence-corrected chi connectivity index (χ3v) is 3.36. The molecule has 2 aromatic rings. The molecule has 6 heteroatoms. The normalized spacial score (nSPS) is 12.0. The van der Waals surface area contributed by atoms with Gasteiger partial charge in [0.1, 0.15) is 5.75 Å². The summed E-state index contributed by atoms with van der Waals surface area (Å²) < 4.78 is 5.25. The Bertz CT molecular complexity index is 754. The van der Waals surface area contributed by atoms with E-state index in [2.05, 4.69) is 20.7 Å². The van der Waals surface area contributed by atoms with Crippen molar-refractivity contribution in [3.63, 3.8) is 0 Å². The van der Waals surface area contributed by atoms with E-state index in [9.17, 15) is 4.79 Å². The van der Waals surface area contributed by atoms with E-state index in [1.54, 1.807) is 19.3 Å². The van der Waals surface area contributed by atoms with Gasteiger partial charge in [0.2, 0.25) is 0 Å². The van der Waals surface area contributed by atoms with E-state index in [1.807, 2.05) is 51.1 Å². The summed E-state index contributed by atoms with van der Waals surface area (Å²) in [7, 11) is 1.62. The topological polar surface area (TPSA) is 79.4 Å². The van der Waals surface area contributed by atoms with Crippen LogP contribution in [-0.2, 0) is 5.41 Å². The predicted molar refractivity (Wildman–Crippen MR) is 95.3 cm³/mol. The van der Waals surface area contributed by atoms with Crippen molar-refractivity contribution in [2.45, 2.75) is 26.2 Å². The number of carbonyl (C=O) groups is 1. The Morgan fingerprint density at radius 2 is 2.08 bits per heavy atom. The monoisotopic (exact) mass is 326 g/mol. The third-order valence-electron chi connectivity index (χ3n) is 3.36. The molecule has 2 rings (SSSR count). The predicted octanol–water partition coefficient (Wildman–Crippen LogP) is 3.14. The van der Waals surface area contributed by atoms with Crippen LogP contribution < -0.4 is 10.2 Å². The van der Waals surface area contributed by atoms with Crippen molar-refractivity contribution in [3.05, 3.63) is 53.4 Å². The summed E-state index contributed by atoms with van der Waals surface area (Å²) in [6.07, 6.45) is 5.08. The molecule has 0 spiro atoms. The molecular formula is C18H22N4O2. The Morgan fingerprint density at radius 3 is 2.75 bits per heavy atom. The van der Waals surface area contributed by atoms with Crippen LogP contribution in [0.5, 0.6) is 5.75 Å². The number of hydrazone groups is 1. The van der Waals surface area contributed by atoms with Gasteiger partial charge in [0, 0.05) is 22.9 Å². The number of nitrogens with zero attached hydrogens (tertiary/aromatic N) is 2. The Hall–Kier alpha value is -2.89. The molecule has 0 unspecified atom stereocenters. The molecule has 6 nitrogen and oxygen atoms in total. The van der Waals surface area contributed by atoms with Crippen LogP contribution in [0, 0.1) is 0 Å². The minimum atomic E-state index is -0.358. The van der Waals surface area contributed by atoms with Crippen LogP contribution in [0.4, 0.5) is 0 Å². The van der Waals surface area contributed by atoms with E-state index >= 15 is 0 Å². The smallest absolute Gasteiger partial charge is 0.291 e. The quantitative estimate of drug-likeness (QED) is 0.654. The van der Waals surface area contributed by atoms with E-state index < -0.39 is 0 Å². The van der Waals surface area contributed by atoms with Gasteiger partial charge in [-0.15, -0.1) is 0 Å². The Labute approximate surface area is 141 Å². The van der Waals surface area contributed by atoms with Gasteiger partial charge in [-0.05, 0) is 24.3 Å². The van der Waals surface area contributed by atoms with Crippen molar-refractivity contribution >= 4 is 18.2 Å². The molecule has 1 heterocycles. The minimum absolute atomic E-state index is 0.0910. The van der Waals surface area contributed by atoms with Crippen LogP contribution in [0.3, 0.4) is 0 Å². The Kier molecular flexibility index (Phi) is 5.52. The summed E-state index contributed by atoms with van der Waals surface area (Å²) in [6, 6.07) is 9.36. The summed E-state index contributed by atoms with van der Waals surface area (Å²) in [5.41, 5.74) is 4.49. The van der Waals surface area contributed by atoms with E-state index in [0.717, 1.165) is 17.0 Å². The number of aromatic nitrogens is 2. The number of allylic oxidation sites excluding steroid dienone is 1. The molecule has 1 amide bonds. The number of benzene rings is 1. The van der Waals surface area contributed by atoms with Crippen molar-refractivity contribution in [1.29, 1.82) is 0 Å². The highest BCUT2D eigenvalue weighted by atomic mass is 16.5. The van der Waals surface area contributed by atoms with E-state index in [1.165, 1.54) is 6.21 Å². The molecule has 0 atom stereocenters. The van der Waals surface area contributed by atoms with Gasteiger partial charge in [-0.1, -0.05) is 39.0 Å². The fourth-order valence-corrected chi connectivity index (χ4v) is 1.97. The molecule has 1 aromatic heterocycles. The van der Waals surface area contributed by atoms with Gasteiger partial charge in [-0.2, -0.15) is 10.2 Å². The molecule has 0 fully saturated rings. The lowest BCUT2D eigenvalue weighted by Crippen LogP contribution is -2.17. The molecule has 0 aliphatic carbocycles. The summed E-state index contributed by atoms with van der Waals surface area (Å²) >= 11 is 0. The lowest BCUT2D eigenvalue weighted by Gasteiger charge is -2.14. The molecular weight excluding hydrogens is 304 g/mol. The first-order chi connectivity index (χ1) is 11.4. The number of para-hydroxylation sites is 1. The summed E-state index contributed by atoms with van der Waals surface area (Å²) in [4.78, 5) is 12.0. The first-order valence-electron chi connectivity index (χ1n) is 7.61. The van der Waals surface area contributed by atoms with Crippen molar-refractivity contribution < 1.29 is 9.53 Å². The third kappa shape index (κ3) is 4.55. The molecule has 2 N–H and O–H groups in total. The number of ether oxygens (including phenoxy) is 1. The summed E-state index contributed by atoms with van der Waals surface area (Å²) in [5.74, 6) is 0.418. The molecule has 0 radical (unpaired) electrons. The van der Waals surface area contributed by atoms with Gasteiger partial charge in [0.25, 0.3) is 5.91 Å². The van der Waals surface area contributed by atoms with Crippen molar-refractivity contribution in [2.24, 2.45) is 5.10 Å². The highest BCUT2D eigenvalue weighted by molar-refractivity contribution is 5.93. The second-order valence-corrected chi connectivity index (χ2v) is 6.24. The maximum atomic E-state index is 12.0. The lowest BCUT2D eigenvalue weighted by molar-refractivity contribution is 0.0950. The average Bonchev–Trinajstić information content (AvgIpc) is 3.05. The molecule has 0 aliphatic heterocycles. The van der Waals surface area contributed by atoms with Crippen LogP contribution in [0.2, 0.25) is 0 Å². The molecule has 126 valence electrons. The van der Waals surface area contributed by atoms with Crippen LogP contribution in [-0.4, -0.2) is 29.4 Å². The highest BCUT2D eigenvalue weighted by Gasteiger charge is 2.18. The lowest BCUT2D eigenvalue weighted by atomic mass is 9.92. The van der Waals surface area contributed by atoms with Crippen LogP contribution in [0.1, 0.15) is 42.5 Å². The largest absolute Gasteiger partial charge is 0.496 e. The second kappa shape index (κ2) is 7.59. The van der Waals surface area contributed by atoms with E-state index in [-0.39, 0.29) is 11.3 Å². The first kappa shape index (κ1) is 17.5. The number of aromatic amines is 1. The van der Waals surface area contributed by atoms with Crippen LogP contribution >= 0.6 is 0 Å². The Morgan fingerprint density at radius 1 is 1.33 bits per heavy atom. The number of nitrogens with one attached hydrogen (secondary N) is 2. The van der Waals surface area contributed by atoms with Gasteiger partial charge < -0.3 is 4.74 Å². The van der Waals surface area contributed by atoms with Crippen molar-refractivity contribution in [3.8, 4) is 5.75 Å². The summed E-state index contributed by atoms with van der Waals surface area (Å²) in [5, 5.41) is 10.8. The Balaban J connectivity index is 1.93. The molecule has 24 heavy (non-hydrogen) atoms. The van der Waals surface area contributed by atoms with Crippen molar-refractivity contribution in [1.82, 2.24) is 15.6 Å². The molecule has 0 bridgehead atoms. The highest BCUT2D eigenvalue weighted by Crippen LogP contribution is 2.20. The minimum Gasteiger partial charge on any atom is -0.496 e. The second-order valence-electron chi connectivity index (χ2n) is 6.24. The fraction of sp³-hybridized carbons (Fsp3) is 0.278. The van der Waals surface area contributed by atoms with Crippen LogP contribution in [0.25, 0.3) is 6.08 Å². The molecule has 1 aromatic carbocycles. The van der Waals surface area contributed by atoms with E-state index in [4.69, 9.17) is 4.74 Å². The van der Waals surface area contributed by atoms with Crippen LogP contribution in [0.15, 0.2) is 41.5 Å². The number of rotatable bonds is 5. The number of hydrogen-bond donors (Lipinski definition) is 2. The van der Waals surface area contributed by atoms with E-state index in [0.29, 0.717) is 5.69 Å². The van der Waals surface area contributed by atoms with Gasteiger partial charge >= 0.3 is 0 Å². The molecule has 0 saturated carbocycles. The average molecular weight is 326 g/mol. The maximum Gasteiger partial charge on any atom is 0.291 e. The molecule has 0 saturated heterocycles. The van der Waals surface area contributed by atoms with Gasteiger partial charge in [0.05, 0.1) is 7.11 Å². The van der Waals surface area contributed by atoms with Gasteiger partial charge in [-0.25, -0.2) is 5.43 Å². The van der Waals surface area contributed by atoms with Gasteiger partial charge in [-0.3, -0.25) is 9.89 Å². The summed E-state index contributed by atoms with van der Waals surface area (Å²) in [6.45, 7) is 6.13. The first-order valence-corrected chi connectivity index (χ1v) is 7.61. The SMILES string of the molecule is COc1ccccc1/C=C/C=N/NC(=O)c1cc(C(C)(C)C)[nH]n1. The number of carbonyl (C=O) groups excluding carboxylic acids is 1.